The van der Waals surface area contributed by atoms with Crippen molar-refractivity contribution in [1.29, 1.82) is 0 Å². The number of rotatable bonds is 11. The Balaban J connectivity index is 1.49. The molecule has 7 heteroatoms. The molecular formula is C28H36N2O5. The maximum absolute atomic E-state index is 12.9. The van der Waals surface area contributed by atoms with Gasteiger partial charge in [-0.05, 0) is 47.9 Å². The number of amides is 2. The third-order valence-corrected chi connectivity index (χ3v) is 6.61. The van der Waals surface area contributed by atoms with Crippen LogP contribution in [0.25, 0.3) is 0 Å². The molecule has 1 fully saturated rings. The van der Waals surface area contributed by atoms with Crippen molar-refractivity contribution in [2.24, 2.45) is 0 Å². The van der Waals surface area contributed by atoms with Crippen molar-refractivity contribution >= 4 is 17.8 Å². The molecule has 2 amide bonds. The second-order valence-electron chi connectivity index (χ2n) is 9.46. The van der Waals surface area contributed by atoms with Crippen LogP contribution < -0.4 is 10.1 Å². The lowest BCUT2D eigenvalue weighted by atomic mass is 9.82. The number of nitrogens with one attached hydrogen (secondary N) is 1. The van der Waals surface area contributed by atoms with Crippen LogP contribution in [0.3, 0.4) is 0 Å². The highest BCUT2D eigenvalue weighted by Gasteiger charge is 2.35. The van der Waals surface area contributed by atoms with Gasteiger partial charge in [-0.25, -0.2) is 0 Å². The third kappa shape index (κ3) is 7.57. The molecule has 0 aromatic heterocycles. The Morgan fingerprint density at radius 2 is 1.80 bits per heavy atom. The summed E-state index contributed by atoms with van der Waals surface area (Å²) in [6.45, 7) is 7.24. The summed E-state index contributed by atoms with van der Waals surface area (Å²) in [6.07, 6.45) is 2.33. The van der Waals surface area contributed by atoms with E-state index in [1.165, 1.54) is 16.0 Å². The molecule has 3 rings (SSSR count). The summed E-state index contributed by atoms with van der Waals surface area (Å²) in [5, 5.41) is 2.73. The summed E-state index contributed by atoms with van der Waals surface area (Å²) in [7, 11) is 0. The Morgan fingerprint density at radius 1 is 1.09 bits per heavy atom. The van der Waals surface area contributed by atoms with Crippen LogP contribution in [0.2, 0.25) is 0 Å². The first-order valence-corrected chi connectivity index (χ1v) is 12.3. The van der Waals surface area contributed by atoms with E-state index in [0.29, 0.717) is 25.3 Å². The van der Waals surface area contributed by atoms with Gasteiger partial charge in [0.15, 0.2) is 6.61 Å². The average Bonchev–Trinajstić information content (AvgIpc) is 2.87. The smallest absolute Gasteiger partial charge is 0.308 e. The topological polar surface area (TPSA) is 84.9 Å². The zero-order chi connectivity index (χ0) is 25.3. The minimum Gasteiger partial charge on any atom is -0.484 e. The van der Waals surface area contributed by atoms with Crippen molar-refractivity contribution in [3.63, 3.8) is 0 Å². The fraction of sp³-hybridized carbons (Fsp3) is 0.464. The van der Waals surface area contributed by atoms with Crippen LogP contribution >= 0.6 is 0 Å². The lowest BCUT2D eigenvalue weighted by Crippen LogP contribution is -2.58. The molecule has 2 aromatic rings. The lowest BCUT2D eigenvalue weighted by molar-refractivity contribution is -0.152. The van der Waals surface area contributed by atoms with E-state index in [2.05, 4.69) is 26.1 Å². The molecule has 1 atom stereocenters. The highest BCUT2D eigenvalue weighted by molar-refractivity contribution is 5.92. The zero-order valence-electron chi connectivity index (χ0n) is 20.9. The molecule has 0 radical (unpaired) electrons. The van der Waals surface area contributed by atoms with E-state index in [9.17, 15) is 14.4 Å². The molecule has 0 aliphatic carbocycles. The van der Waals surface area contributed by atoms with Gasteiger partial charge in [-0.1, -0.05) is 63.2 Å². The summed E-state index contributed by atoms with van der Waals surface area (Å²) < 4.78 is 11.0. The molecule has 1 aliphatic heterocycles. The largest absolute Gasteiger partial charge is 0.484 e. The highest BCUT2D eigenvalue weighted by Crippen LogP contribution is 2.28. The molecule has 7 nitrogen and oxygen atoms in total. The number of carbonyl (C=O) groups excluding carboxylic acids is 3. The first kappa shape index (κ1) is 26.3. The standard InChI is InChI=1S/C28H36N2O5/c1-4-28(2,3)22-12-14-23(15-13-22)35-20-25(31)30-17-16-29-27(33)24(30)19-26(32)34-18-8-11-21-9-6-5-7-10-21/h5-7,9-10,12-15,24H,4,8,11,16-20H2,1-3H3,(H,29,33). The van der Waals surface area contributed by atoms with Gasteiger partial charge in [0, 0.05) is 13.1 Å². The van der Waals surface area contributed by atoms with Crippen molar-refractivity contribution in [3.05, 3.63) is 65.7 Å². The fourth-order valence-electron chi connectivity index (χ4n) is 3.97. The predicted molar refractivity (Wildman–Crippen MR) is 134 cm³/mol. The maximum Gasteiger partial charge on any atom is 0.308 e. The molecule has 2 aromatic carbocycles. The van der Waals surface area contributed by atoms with E-state index in [4.69, 9.17) is 9.47 Å². The number of ether oxygens (including phenoxy) is 2. The first-order chi connectivity index (χ1) is 16.8. The minimum absolute atomic E-state index is 0.0683. The molecule has 1 saturated heterocycles. The number of aryl methyl sites for hydroxylation is 1. The van der Waals surface area contributed by atoms with Gasteiger partial charge in [0.1, 0.15) is 11.8 Å². The summed E-state index contributed by atoms with van der Waals surface area (Å²) in [4.78, 5) is 39.1. The molecule has 1 N–H and O–H groups in total. The second kappa shape index (κ2) is 12.4. The van der Waals surface area contributed by atoms with Crippen LogP contribution in [0.15, 0.2) is 54.6 Å². The molecule has 0 saturated carbocycles. The minimum atomic E-state index is -0.894. The van der Waals surface area contributed by atoms with Crippen LogP contribution in [0.4, 0.5) is 0 Å². The molecule has 1 unspecified atom stereocenters. The number of nitrogens with zero attached hydrogens (tertiary/aromatic N) is 1. The van der Waals surface area contributed by atoms with E-state index in [0.717, 1.165) is 12.8 Å². The van der Waals surface area contributed by atoms with Crippen LogP contribution in [0, 0.1) is 0 Å². The van der Waals surface area contributed by atoms with E-state index < -0.39 is 12.0 Å². The number of esters is 1. The van der Waals surface area contributed by atoms with Crippen molar-refractivity contribution in [3.8, 4) is 5.75 Å². The lowest BCUT2D eigenvalue weighted by Gasteiger charge is -2.34. The Morgan fingerprint density at radius 3 is 2.49 bits per heavy atom. The molecule has 188 valence electrons. The summed E-state index contributed by atoms with van der Waals surface area (Å²) in [6, 6.07) is 16.8. The third-order valence-electron chi connectivity index (χ3n) is 6.61. The van der Waals surface area contributed by atoms with Crippen molar-refractivity contribution in [2.45, 2.75) is 57.9 Å². The Bertz CT molecular complexity index is 988. The normalized spacial score (nSPS) is 15.9. The van der Waals surface area contributed by atoms with Gasteiger partial charge < -0.3 is 19.7 Å². The van der Waals surface area contributed by atoms with E-state index in [1.54, 1.807) is 0 Å². The van der Waals surface area contributed by atoms with E-state index >= 15 is 0 Å². The SMILES string of the molecule is CCC(C)(C)c1ccc(OCC(=O)N2CCNC(=O)C2CC(=O)OCCCc2ccccc2)cc1. The van der Waals surface area contributed by atoms with Gasteiger partial charge in [-0.15, -0.1) is 0 Å². The number of hydrogen-bond donors (Lipinski definition) is 1. The number of hydrogen-bond acceptors (Lipinski definition) is 5. The van der Waals surface area contributed by atoms with Gasteiger partial charge in [-0.3, -0.25) is 14.4 Å². The molecular weight excluding hydrogens is 444 g/mol. The van der Waals surface area contributed by atoms with Gasteiger partial charge in [-0.2, -0.15) is 0 Å². The van der Waals surface area contributed by atoms with Crippen molar-refractivity contribution in [1.82, 2.24) is 10.2 Å². The zero-order valence-corrected chi connectivity index (χ0v) is 20.9. The molecule has 1 aliphatic rings. The first-order valence-electron chi connectivity index (χ1n) is 12.3. The summed E-state index contributed by atoms with van der Waals surface area (Å²) >= 11 is 0. The Hall–Kier alpha value is -3.35. The summed E-state index contributed by atoms with van der Waals surface area (Å²) in [5.74, 6) is -0.588. The Kier molecular flexibility index (Phi) is 9.29. The van der Waals surface area contributed by atoms with Crippen LogP contribution in [0.1, 0.15) is 51.2 Å². The molecule has 1 heterocycles. The average molecular weight is 481 g/mol. The van der Waals surface area contributed by atoms with Crippen molar-refractivity contribution < 1.29 is 23.9 Å². The predicted octanol–water partition coefficient (Wildman–Crippen LogP) is 3.65. The van der Waals surface area contributed by atoms with Crippen LogP contribution in [-0.4, -0.2) is 55.0 Å². The highest BCUT2D eigenvalue weighted by atomic mass is 16.5. The van der Waals surface area contributed by atoms with Gasteiger partial charge in [0.05, 0.1) is 13.0 Å². The number of carbonyl (C=O) groups is 3. The monoisotopic (exact) mass is 480 g/mol. The van der Waals surface area contributed by atoms with Crippen molar-refractivity contribution in [2.75, 3.05) is 26.3 Å². The maximum atomic E-state index is 12.9. The molecule has 0 spiro atoms. The summed E-state index contributed by atoms with van der Waals surface area (Å²) in [5.41, 5.74) is 2.45. The van der Waals surface area contributed by atoms with Crippen LogP contribution in [-0.2, 0) is 31.0 Å². The number of benzene rings is 2. The second-order valence-corrected chi connectivity index (χ2v) is 9.46. The quantitative estimate of drug-likeness (QED) is 0.392. The van der Waals surface area contributed by atoms with Crippen LogP contribution in [0.5, 0.6) is 5.75 Å². The number of piperazine rings is 1. The van der Waals surface area contributed by atoms with E-state index in [1.807, 2.05) is 54.6 Å². The van der Waals surface area contributed by atoms with Gasteiger partial charge in [0.25, 0.3) is 5.91 Å². The Labute approximate surface area is 207 Å². The van der Waals surface area contributed by atoms with Gasteiger partial charge >= 0.3 is 5.97 Å². The van der Waals surface area contributed by atoms with Gasteiger partial charge in [0.2, 0.25) is 5.91 Å². The van der Waals surface area contributed by atoms with E-state index in [-0.39, 0.29) is 36.9 Å². The molecule has 35 heavy (non-hydrogen) atoms. The fourth-order valence-corrected chi connectivity index (χ4v) is 3.97. The molecule has 0 bridgehead atoms.